The van der Waals surface area contributed by atoms with Crippen molar-refractivity contribution < 1.29 is 14.6 Å². The molecule has 40 heavy (non-hydrogen) atoms. The minimum atomic E-state index is -0.937. The molecule has 2 aromatic heterocycles. The first kappa shape index (κ1) is 26.2. The van der Waals surface area contributed by atoms with E-state index >= 15 is 0 Å². The molecule has 6 rings (SSSR count). The number of para-hydroxylation sites is 1. The van der Waals surface area contributed by atoms with Gasteiger partial charge < -0.3 is 19.6 Å². The molecule has 0 radical (unpaired) electrons. The van der Waals surface area contributed by atoms with Gasteiger partial charge in [-0.15, -0.1) is 11.3 Å². The summed E-state index contributed by atoms with van der Waals surface area (Å²) in [5.41, 5.74) is 2.51. The van der Waals surface area contributed by atoms with Crippen molar-refractivity contribution >= 4 is 33.9 Å². The lowest BCUT2D eigenvalue weighted by Crippen LogP contribution is -2.54. The number of ether oxygens (including phenoxy) is 1. The molecule has 1 aliphatic heterocycles. The number of hydrogen-bond acceptors (Lipinski definition) is 8. The SMILES string of the molecule is CC1CN(c2nc(C(O)c3ccc(Oc4ccccc4)cc3)ns2)CCN1C(=O)c1ccc(-c2cccs2)cc1. The molecule has 1 fully saturated rings. The molecule has 0 bridgehead atoms. The van der Waals surface area contributed by atoms with Crippen LogP contribution in [0.3, 0.4) is 0 Å². The molecule has 1 aliphatic rings. The molecule has 1 amide bonds. The summed E-state index contributed by atoms with van der Waals surface area (Å²) in [6.07, 6.45) is -0.937. The van der Waals surface area contributed by atoms with E-state index in [1.807, 2.05) is 89.8 Å². The van der Waals surface area contributed by atoms with Crippen LogP contribution in [0.5, 0.6) is 11.5 Å². The molecule has 2 unspecified atom stereocenters. The number of hydrogen-bond donors (Lipinski definition) is 1. The number of amides is 1. The first-order valence-corrected chi connectivity index (χ1v) is 14.7. The van der Waals surface area contributed by atoms with E-state index in [4.69, 9.17) is 4.74 Å². The Balaban J connectivity index is 1.07. The predicted molar refractivity (Wildman–Crippen MR) is 159 cm³/mol. The average molecular weight is 569 g/mol. The van der Waals surface area contributed by atoms with Crippen LogP contribution in [0.4, 0.5) is 5.13 Å². The summed E-state index contributed by atoms with van der Waals surface area (Å²) in [6, 6.07) is 28.8. The van der Waals surface area contributed by atoms with Crippen LogP contribution in [-0.2, 0) is 0 Å². The number of aliphatic hydroxyl groups excluding tert-OH is 1. The molecule has 0 aliphatic carbocycles. The van der Waals surface area contributed by atoms with Gasteiger partial charge >= 0.3 is 0 Å². The number of benzene rings is 3. The van der Waals surface area contributed by atoms with Gasteiger partial charge in [0.25, 0.3) is 5.91 Å². The fourth-order valence-electron chi connectivity index (χ4n) is 4.78. The maximum Gasteiger partial charge on any atom is 0.254 e. The van der Waals surface area contributed by atoms with Gasteiger partial charge in [0.1, 0.15) is 17.6 Å². The van der Waals surface area contributed by atoms with E-state index in [0.29, 0.717) is 42.3 Å². The Hall–Kier alpha value is -4.05. The van der Waals surface area contributed by atoms with Crippen molar-refractivity contribution in [1.82, 2.24) is 14.3 Å². The monoisotopic (exact) mass is 568 g/mol. The van der Waals surface area contributed by atoms with Gasteiger partial charge in [-0.05, 0) is 65.9 Å². The second-order valence-corrected chi connectivity index (χ2v) is 11.3. The zero-order valence-electron chi connectivity index (χ0n) is 21.9. The van der Waals surface area contributed by atoms with Crippen molar-refractivity contribution in [2.75, 3.05) is 24.5 Å². The molecule has 2 atom stereocenters. The Morgan fingerprint density at radius 3 is 2.40 bits per heavy atom. The van der Waals surface area contributed by atoms with E-state index in [1.165, 1.54) is 16.4 Å². The molecule has 1 saturated heterocycles. The van der Waals surface area contributed by atoms with Crippen molar-refractivity contribution in [2.45, 2.75) is 19.1 Å². The van der Waals surface area contributed by atoms with Crippen LogP contribution in [-0.4, -0.2) is 50.9 Å². The van der Waals surface area contributed by atoms with E-state index in [1.54, 1.807) is 11.3 Å². The Labute approximate surface area is 241 Å². The minimum absolute atomic E-state index is 0.00709. The quantitative estimate of drug-likeness (QED) is 0.242. The Morgan fingerprint density at radius 1 is 0.950 bits per heavy atom. The molecule has 0 saturated carbocycles. The van der Waals surface area contributed by atoms with Gasteiger partial charge in [-0.2, -0.15) is 4.37 Å². The topological polar surface area (TPSA) is 78.8 Å². The molecule has 202 valence electrons. The molecule has 9 heteroatoms. The number of aromatic nitrogens is 2. The summed E-state index contributed by atoms with van der Waals surface area (Å²) < 4.78 is 10.3. The van der Waals surface area contributed by atoms with Gasteiger partial charge in [0, 0.05) is 47.6 Å². The molecular weight excluding hydrogens is 541 g/mol. The number of aliphatic hydroxyl groups is 1. The zero-order chi connectivity index (χ0) is 27.5. The Morgan fingerprint density at radius 2 is 1.70 bits per heavy atom. The molecule has 5 aromatic rings. The smallest absolute Gasteiger partial charge is 0.254 e. The van der Waals surface area contributed by atoms with E-state index in [0.717, 1.165) is 16.4 Å². The van der Waals surface area contributed by atoms with Crippen molar-refractivity contribution in [2.24, 2.45) is 0 Å². The van der Waals surface area contributed by atoms with Crippen molar-refractivity contribution in [3.05, 3.63) is 113 Å². The maximum absolute atomic E-state index is 13.3. The van der Waals surface area contributed by atoms with Crippen LogP contribution >= 0.6 is 22.9 Å². The highest BCUT2D eigenvalue weighted by Crippen LogP contribution is 2.30. The highest BCUT2D eigenvalue weighted by molar-refractivity contribution is 7.13. The van der Waals surface area contributed by atoms with Crippen molar-refractivity contribution in [3.8, 4) is 21.9 Å². The molecule has 7 nitrogen and oxygen atoms in total. The highest BCUT2D eigenvalue weighted by atomic mass is 32.1. The number of carbonyl (C=O) groups is 1. The number of anilines is 1. The van der Waals surface area contributed by atoms with Gasteiger partial charge in [0.05, 0.1) is 0 Å². The second-order valence-electron chi connectivity index (χ2n) is 9.67. The second kappa shape index (κ2) is 11.6. The Bertz CT molecular complexity index is 1550. The summed E-state index contributed by atoms with van der Waals surface area (Å²) in [5.74, 6) is 1.85. The van der Waals surface area contributed by atoms with Crippen LogP contribution in [0.1, 0.15) is 34.8 Å². The molecule has 3 heterocycles. The lowest BCUT2D eigenvalue weighted by atomic mass is 10.1. The molecule has 0 spiro atoms. The third-order valence-corrected chi connectivity index (χ3v) is 8.66. The van der Waals surface area contributed by atoms with E-state index < -0.39 is 6.10 Å². The van der Waals surface area contributed by atoms with Crippen molar-refractivity contribution in [3.63, 3.8) is 0 Å². The zero-order valence-corrected chi connectivity index (χ0v) is 23.5. The lowest BCUT2D eigenvalue weighted by Gasteiger charge is -2.39. The largest absolute Gasteiger partial charge is 0.457 e. The molecule has 1 N–H and O–H groups in total. The normalized spacial score (nSPS) is 16.1. The van der Waals surface area contributed by atoms with E-state index in [-0.39, 0.29) is 11.9 Å². The maximum atomic E-state index is 13.3. The lowest BCUT2D eigenvalue weighted by molar-refractivity contribution is 0.0674. The van der Waals surface area contributed by atoms with Crippen molar-refractivity contribution in [1.29, 1.82) is 0 Å². The fraction of sp³-hybridized carbons (Fsp3) is 0.194. The third kappa shape index (κ3) is 5.62. The van der Waals surface area contributed by atoms with Crippen LogP contribution in [0.15, 0.2) is 96.4 Å². The van der Waals surface area contributed by atoms with Gasteiger partial charge in [-0.3, -0.25) is 4.79 Å². The number of rotatable bonds is 7. The summed E-state index contributed by atoms with van der Waals surface area (Å²) in [7, 11) is 0. The fourth-order valence-corrected chi connectivity index (χ4v) is 6.24. The van der Waals surface area contributed by atoms with Crippen LogP contribution in [0, 0.1) is 0 Å². The Kier molecular flexibility index (Phi) is 7.59. The minimum Gasteiger partial charge on any atom is -0.457 e. The summed E-state index contributed by atoms with van der Waals surface area (Å²) >= 11 is 2.96. The van der Waals surface area contributed by atoms with Gasteiger partial charge in [-0.25, -0.2) is 4.98 Å². The van der Waals surface area contributed by atoms with Crippen LogP contribution in [0.25, 0.3) is 10.4 Å². The molecule has 3 aromatic carbocycles. The van der Waals surface area contributed by atoms with Crippen LogP contribution < -0.4 is 9.64 Å². The van der Waals surface area contributed by atoms with Gasteiger partial charge in [0.15, 0.2) is 5.82 Å². The number of carbonyl (C=O) groups excluding carboxylic acids is 1. The van der Waals surface area contributed by atoms with Gasteiger partial charge in [-0.1, -0.05) is 48.5 Å². The van der Waals surface area contributed by atoms with Gasteiger partial charge in [0.2, 0.25) is 5.13 Å². The first-order chi connectivity index (χ1) is 19.5. The highest BCUT2D eigenvalue weighted by Gasteiger charge is 2.30. The average Bonchev–Trinajstić information content (AvgIpc) is 3.71. The summed E-state index contributed by atoms with van der Waals surface area (Å²) in [5, 5.41) is 13.7. The summed E-state index contributed by atoms with van der Waals surface area (Å²) in [6.45, 7) is 3.95. The standard InChI is InChI=1S/C31H28N4O3S2/c1-21-20-34(17-18-35(21)30(37)24-11-9-22(10-12-24)27-8-5-19-39-27)31-32-29(33-40-31)28(36)23-13-15-26(16-14-23)38-25-6-3-2-4-7-25/h2-16,19,21,28,36H,17-18,20H2,1H3. The van der Waals surface area contributed by atoms with E-state index in [2.05, 4.69) is 32.6 Å². The third-order valence-electron chi connectivity index (χ3n) is 6.95. The van der Waals surface area contributed by atoms with Crippen LogP contribution in [0.2, 0.25) is 0 Å². The predicted octanol–water partition coefficient (Wildman–Crippen LogP) is 6.49. The number of piperazine rings is 1. The molecular formula is C31H28N4O3S2. The number of thiophene rings is 1. The number of nitrogens with zero attached hydrogens (tertiary/aromatic N) is 4. The van der Waals surface area contributed by atoms with E-state index in [9.17, 15) is 9.90 Å². The first-order valence-electron chi connectivity index (χ1n) is 13.1. The summed E-state index contributed by atoms with van der Waals surface area (Å²) in [4.78, 5) is 23.2.